The van der Waals surface area contributed by atoms with E-state index in [1.54, 1.807) is 0 Å². The maximum absolute atomic E-state index is 12.4. The topological polar surface area (TPSA) is 29.5 Å². The van der Waals surface area contributed by atoms with Gasteiger partial charge in [-0.2, -0.15) is 0 Å². The lowest BCUT2D eigenvalue weighted by atomic mass is 9.92. The average Bonchev–Trinajstić information content (AvgIpc) is 2.83. The summed E-state index contributed by atoms with van der Waals surface area (Å²) in [6.07, 6.45) is 1.87. The van der Waals surface area contributed by atoms with E-state index in [0.717, 1.165) is 17.3 Å². The molecule has 2 atom stereocenters. The first-order valence-corrected chi connectivity index (χ1v) is 7.47. The van der Waals surface area contributed by atoms with Crippen molar-refractivity contribution in [2.24, 2.45) is 0 Å². The first-order chi connectivity index (χ1) is 8.88. The molecule has 2 heterocycles. The molecule has 0 N–H and O–H groups in total. The minimum Gasteiger partial charge on any atom is -0.444 e. The van der Waals surface area contributed by atoms with Crippen LogP contribution in [0, 0.1) is 0 Å². The van der Waals surface area contributed by atoms with E-state index in [1.807, 2.05) is 37.8 Å². The predicted octanol–water partition coefficient (Wildman–Crippen LogP) is 4.58. The zero-order valence-electron chi connectivity index (χ0n) is 11.4. The number of nitrogens with zero attached hydrogens (tertiary/aromatic N) is 1. The van der Waals surface area contributed by atoms with E-state index in [0.29, 0.717) is 0 Å². The zero-order chi connectivity index (χ0) is 13.8. The highest BCUT2D eigenvalue weighted by atomic mass is 79.9. The molecule has 0 radical (unpaired) electrons. The van der Waals surface area contributed by atoms with Crippen molar-refractivity contribution in [2.75, 3.05) is 0 Å². The minimum atomic E-state index is -0.442. The lowest BCUT2D eigenvalue weighted by molar-refractivity contribution is 0.0177. The van der Waals surface area contributed by atoms with Crippen LogP contribution in [-0.2, 0) is 4.74 Å². The van der Waals surface area contributed by atoms with E-state index >= 15 is 0 Å². The van der Waals surface area contributed by atoms with Gasteiger partial charge in [-0.1, -0.05) is 28.1 Å². The molecule has 3 rings (SSSR count). The smallest absolute Gasteiger partial charge is 0.411 e. The van der Waals surface area contributed by atoms with Crippen molar-refractivity contribution in [3.8, 4) is 0 Å². The van der Waals surface area contributed by atoms with Crippen LogP contribution in [0.2, 0.25) is 0 Å². The van der Waals surface area contributed by atoms with Gasteiger partial charge in [0.25, 0.3) is 0 Å². The molecule has 0 spiro atoms. The highest BCUT2D eigenvalue weighted by molar-refractivity contribution is 9.10. The molecule has 4 heteroatoms. The molecule has 0 aromatic heterocycles. The molecule has 1 fully saturated rings. The average molecular weight is 324 g/mol. The van der Waals surface area contributed by atoms with E-state index in [9.17, 15) is 4.79 Å². The fourth-order valence-corrected chi connectivity index (χ4v) is 3.81. The van der Waals surface area contributed by atoms with Gasteiger partial charge in [0.1, 0.15) is 5.60 Å². The number of carbonyl (C=O) groups is 1. The summed E-state index contributed by atoms with van der Waals surface area (Å²) < 4.78 is 6.65. The molecule has 2 aliphatic rings. The molecule has 1 aromatic rings. The van der Waals surface area contributed by atoms with E-state index in [2.05, 4.69) is 22.0 Å². The summed E-state index contributed by atoms with van der Waals surface area (Å²) in [4.78, 5) is 14.3. The van der Waals surface area contributed by atoms with E-state index in [4.69, 9.17) is 4.74 Å². The van der Waals surface area contributed by atoms with Crippen molar-refractivity contribution < 1.29 is 9.53 Å². The fraction of sp³-hybridized carbons (Fsp3) is 0.533. The Kier molecular flexibility index (Phi) is 2.89. The van der Waals surface area contributed by atoms with Gasteiger partial charge in [-0.15, -0.1) is 0 Å². The normalized spacial score (nSPS) is 24.5. The maximum atomic E-state index is 12.4. The molecule has 3 nitrogen and oxygen atoms in total. The van der Waals surface area contributed by atoms with Crippen LogP contribution in [0.5, 0.6) is 0 Å². The molecule has 1 amide bonds. The summed E-state index contributed by atoms with van der Waals surface area (Å²) in [6, 6.07) is 6.57. The molecule has 1 aromatic carbocycles. The van der Waals surface area contributed by atoms with Crippen LogP contribution in [-0.4, -0.2) is 16.6 Å². The van der Waals surface area contributed by atoms with E-state index in [1.165, 1.54) is 11.1 Å². The quantitative estimate of drug-likeness (QED) is 0.699. The standard InChI is InChI=1S/C15H18BrNO2/c1-15(2,3)19-14(18)17-11-7-8-12(17)13-9(11)5-4-6-10(13)16/h4-6,11-12H,7-8H2,1-3H3. The molecule has 102 valence electrons. The summed E-state index contributed by atoms with van der Waals surface area (Å²) in [7, 11) is 0. The third-order valence-electron chi connectivity index (χ3n) is 3.77. The maximum Gasteiger partial charge on any atom is 0.411 e. The van der Waals surface area contributed by atoms with Crippen LogP contribution >= 0.6 is 15.9 Å². The number of ether oxygens (including phenoxy) is 1. The summed E-state index contributed by atoms with van der Waals surface area (Å²) >= 11 is 3.61. The molecular formula is C15H18BrNO2. The monoisotopic (exact) mass is 323 g/mol. The summed E-state index contributed by atoms with van der Waals surface area (Å²) in [6.45, 7) is 5.73. The molecular weight excluding hydrogens is 306 g/mol. The lowest BCUT2D eigenvalue weighted by Gasteiger charge is -2.27. The first-order valence-electron chi connectivity index (χ1n) is 6.68. The largest absolute Gasteiger partial charge is 0.444 e. The third-order valence-corrected chi connectivity index (χ3v) is 4.46. The highest BCUT2D eigenvalue weighted by Crippen LogP contribution is 2.55. The highest BCUT2D eigenvalue weighted by Gasteiger charge is 2.48. The SMILES string of the molecule is CC(C)(C)OC(=O)N1C2CCC1c1c(Br)cccc12. The second-order valence-corrected chi connectivity index (χ2v) is 7.09. The van der Waals surface area contributed by atoms with Crippen LogP contribution < -0.4 is 0 Å². The number of benzene rings is 1. The van der Waals surface area contributed by atoms with Gasteiger partial charge >= 0.3 is 6.09 Å². The zero-order valence-corrected chi connectivity index (χ0v) is 13.0. The Balaban J connectivity index is 1.93. The minimum absolute atomic E-state index is 0.172. The Morgan fingerprint density at radius 3 is 2.63 bits per heavy atom. The van der Waals surface area contributed by atoms with Crippen molar-refractivity contribution in [3.05, 3.63) is 33.8 Å². The van der Waals surface area contributed by atoms with Gasteiger partial charge in [0, 0.05) is 4.47 Å². The second kappa shape index (κ2) is 4.23. The Morgan fingerprint density at radius 2 is 2.00 bits per heavy atom. The van der Waals surface area contributed by atoms with Crippen molar-refractivity contribution >= 4 is 22.0 Å². The van der Waals surface area contributed by atoms with Crippen molar-refractivity contribution in [1.82, 2.24) is 4.90 Å². The number of hydrogen-bond donors (Lipinski definition) is 0. The Hall–Kier alpha value is -1.03. The van der Waals surface area contributed by atoms with Gasteiger partial charge in [0.05, 0.1) is 12.1 Å². The Bertz CT molecular complexity index is 535. The summed E-state index contributed by atoms with van der Waals surface area (Å²) in [5, 5.41) is 0. The second-order valence-electron chi connectivity index (χ2n) is 6.24. The summed E-state index contributed by atoms with van der Waals surface area (Å²) in [5.41, 5.74) is 2.10. The van der Waals surface area contributed by atoms with Gasteiger partial charge in [-0.05, 0) is 50.8 Å². The number of amides is 1. The van der Waals surface area contributed by atoms with Crippen LogP contribution in [0.1, 0.15) is 56.8 Å². The van der Waals surface area contributed by atoms with E-state index in [-0.39, 0.29) is 18.2 Å². The van der Waals surface area contributed by atoms with Gasteiger partial charge in [0.15, 0.2) is 0 Å². The van der Waals surface area contributed by atoms with Crippen molar-refractivity contribution in [3.63, 3.8) is 0 Å². The lowest BCUT2D eigenvalue weighted by Crippen LogP contribution is -2.34. The van der Waals surface area contributed by atoms with Crippen LogP contribution in [0.25, 0.3) is 0 Å². The number of rotatable bonds is 0. The van der Waals surface area contributed by atoms with Crippen LogP contribution in [0.3, 0.4) is 0 Å². The third kappa shape index (κ3) is 2.06. The van der Waals surface area contributed by atoms with Crippen LogP contribution in [0.4, 0.5) is 4.79 Å². The van der Waals surface area contributed by atoms with E-state index < -0.39 is 5.60 Å². The molecule has 0 aliphatic carbocycles. The molecule has 2 aliphatic heterocycles. The van der Waals surface area contributed by atoms with Gasteiger partial charge < -0.3 is 4.74 Å². The number of halogens is 1. The Labute approximate surface area is 122 Å². The molecule has 0 saturated carbocycles. The molecule has 2 unspecified atom stereocenters. The van der Waals surface area contributed by atoms with Gasteiger partial charge in [-0.25, -0.2) is 4.79 Å². The summed E-state index contributed by atoms with van der Waals surface area (Å²) in [5.74, 6) is 0. The molecule has 19 heavy (non-hydrogen) atoms. The molecule has 1 saturated heterocycles. The van der Waals surface area contributed by atoms with Gasteiger partial charge in [0.2, 0.25) is 0 Å². The first kappa shape index (κ1) is 13.0. The van der Waals surface area contributed by atoms with Gasteiger partial charge in [-0.3, -0.25) is 4.90 Å². The molecule has 2 bridgehead atoms. The predicted molar refractivity (Wildman–Crippen MR) is 76.9 cm³/mol. The number of hydrogen-bond acceptors (Lipinski definition) is 2. The van der Waals surface area contributed by atoms with Crippen molar-refractivity contribution in [2.45, 2.75) is 51.3 Å². The Morgan fingerprint density at radius 1 is 1.32 bits per heavy atom. The number of fused-ring (bicyclic) bond motifs is 5. The van der Waals surface area contributed by atoms with Crippen LogP contribution in [0.15, 0.2) is 22.7 Å². The number of carbonyl (C=O) groups excluding carboxylic acids is 1. The van der Waals surface area contributed by atoms with Crippen molar-refractivity contribution in [1.29, 1.82) is 0 Å². The fourth-order valence-electron chi connectivity index (χ4n) is 3.16.